The van der Waals surface area contributed by atoms with Crippen molar-refractivity contribution in [3.63, 3.8) is 0 Å². The lowest BCUT2D eigenvalue weighted by Crippen LogP contribution is -2.42. The van der Waals surface area contributed by atoms with Gasteiger partial charge in [0.25, 0.3) is 0 Å². The summed E-state index contributed by atoms with van der Waals surface area (Å²) in [5, 5.41) is 6.87. The molecule has 1 unspecified atom stereocenters. The Morgan fingerprint density at radius 1 is 1.48 bits per heavy atom. The molecule has 0 saturated carbocycles. The number of benzene rings is 1. The van der Waals surface area contributed by atoms with Gasteiger partial charge < -0.3 is 10.6 Å². The average Bonchev–Trinajstić information content (AvgIpc) is 2.44. The number of rotatable bonds is 5. The number of hydrogen-bond donors (Lipinski definition) is 2. The van der Waals surface area contributed by atoms with Gasteiger partial charge in [0.1, 0.15) is 0 Å². The van der Waals surface area contributed by atoms with E-state index in [1.165, 1.54) is 6.42 Å². The van der Waals surface area contributed by atoms with Crippen molar-refractivity contribution in [1.29, 1.82) is 0 Å². The van der Waals surface area contributed by atoms with E-state index < -0.39 is 0 Å². The number of hydrogen-bond acceptors (Lipinski definition) is 3. The van der Waals surface area contributed by atoms with Crippen LogP contribution < -0.4 is 10.6 Å². The van der Waals surface area contributed by atoms with E-state index in [9.17, 15) is 4.79 Å². The molecule has 2 rings (SSSR count). The molecular formula is C16H24ClN3O. The highest BCUT2D eigenvalue weighted by atomic mass is 35.5. The van der Waals surface area contributed by atoms with Crippen LogP contribution in [0, 0.1) is 12.8 Å². The Hall–Kier alpha value is -1.10. The molecule has 1 aliphatic rings. The first-order chi connectivity index (χ1) is 10.1. The molecule has 1 fully saturated rings. The molecule has 0 spiro atoms. The normalized spacial score (nSPS) is 19.5. The van der Waals surface area contributed by atoms with E-state index >= 15 is 0 Å². The van der Waals surface area contributed by atoms with E-state index in [4.69, 9.17) is 11.6 Å². The van der Waals surface area contributed by atoms with Crippen molar-refractivity contribution in [3.8, 4) is 0 Å². The van der Waals surface area contributed by atoms with Crippen molar-refractivity contribution in [2.75, 3.05) is 38.5 Å². The van der Waals surface area contributed by atoms with Crippen LogP contribution in [0.5, 0.6) is 0 Å². The van der Waals surface area contributed by atoms with Crippen LogP contribution in [0.1, 0.15) is 18.4 Å². The zero-order valence-electron chi connectivity index (χ0n) is 12.8. The van der Waals surface area contributed by atoms with Gasteiger partial charge >= 0.3 is 0 Å². The number of likely N-dealkylation sites (tertiary alicyclic amines) is 1. The summed E-state index contributed by atoms with van der Waals surface area (Å²) in [5.74, 6) is 0.676. The third-order valence-electron chi connectivity index (χ3n) is 4.00. The molecule has 1 aliphatic heterocycles. The Labute approximate surface area is 131 Å². The summed E-state index contributed by atoms with van der Waals surface area (Å²) in [6.07, 6.45) is 2.40. The van der Waals surface area contributed by atoms with Gasteiger partial charge in [0.05, 0.1) is 6.54 Å². The second-order valence-corrected chi connectivity index (χ2v) is 6.17. The molecule has 5 heteroatoms. The molecule has 21 heavy (non-hydrogen) atoms. The summed E-state index contributed by atoms with van der Waals surface area (Å²) < 4.78 is 0. The average molecular weight is 310 g/mol. The lowest BCUT2D eigenvalue weighted by Gasteiger charge is -2.32. The minimum atomic E-state index is 0.0328. The highest BCUT2D eigenvalue weighted by molar-refractivity contribution is 6.31. The summed E-state index contributed by atoms with van der Waals surface area (Å²) in [6.45, 7) is 5.38. The van der Waals surface area contributed by atoms with E-state index in [-0.39, 0.29) is 5.91 Å². The van der Waals surface area contributed by atoms with Crippen molar-refractivity contribution in [1.82, 2.24) is 10.2 Å². The van der Waals surface area contributed by atoms with Crippen LogP contribution in [0.25, 0.3) is 0 Å². The van der Waals surface area contributed by atoms with Gasteiger partial charge in [0.2, 0.25) is 5.91 Å². The number of nitrogens with one attached hydrogen (secondary N) is 2. The minimum absolute atomic E-state index is 0.0328. The third kappa shape index (κ3) is 4.70. The lowest BCUT2D eigenvalue weighted by molar-refractivity contribution is -0.117. The van der Waals surface area contributed by atoms with E-state index in [2.05, 4.69) is 15.5 Å². The maximum Gasteiger partial charge on any atom is 0.238 e. The van der Waals surface area contributed by atoms with Gasteiger partial charge in [0, 0.05) is 17.3 Å². The van der Waals surface area contributed by atoms with E-state index in [0.717, 1.165) is 37.3 Å². The molecule has 2 N–H and O–H groups in total. The quantitative estimate of drug-likeness (QED) is 0.878. The molecule has 0 aliphatic carbocycles. The molecule has 116 valence electrons. The standard InChI is InChI=1S/C16H24ClN3O/c1-12-14(17)6-3-7-15(12)19-16(21)11-20-8-4-5-13(10-20)9-18-2/h3,6-7,13,18H,4-5,8-11H2,1-2H3,(H,19,21). The number of halogens is 1. The first-order valence-electron chi connectivity index (χ1n) is 7.52. The fourth-order valence-corrected chi connectivity index (χ4v) is 3.06. The van der Waals surface area contributed by atoms with Gasteiger partial charge in [-0.15, -0.1) is 0 Å². The van der Waals surface area contributed by atoms with Crippen LogP contribution in [0.3, 0.4) is 0 Å². The van der Waals surface area contributed by atoms with Gasteiger partial charge in [-0.3, -0.25) is 9.69 Å². The van der Waals surface area contributed by atoms with Gasteiger partial charge in [-0.25, -0.2) is 0 Å². The fourth-order valence-electron chi connectivity index (χ4n) is 2.89. The van der Waals surface area contributed by atoms with Crippen LogP contribution in [0.2, 0.25) is 5.02 Å². The van der Waals surface area contributed by atoms with Crippen molar-refractivity contribution < 1.29 is 4.79 Å². The summed E-state index contributed by atoms with van der Waals surface area (Å²) in [7, 11) is 1.98. The largest absolute Gasteiger partial charge is 0.325 e. The van der Waals surface area contributed by atoms with Crippen LogP contribution in [-0.2, 0) is 4.79 Å². The van der Waals surface area contributed by atoms with E-state index in [1.54, 1.807) is 0 Å². The summed E-state index contributed by atoms with van der Waals surface area (Å²) in [4.78, 5) is 14.4. The molecule has 4 nitrogen and oxygen atoms in total. The predicted molar refractivity (Wildman–Crippen MR) is 87.9 cm³/mol. The number of carbonyl (C=O) groups is 1. The van der Waals surface area contributed by atoms with Crippen molar-refractivity contribution in [2.45, 2.75) is 19.8 Å². The van der Waals surface area contributed by atoms with Crippen LogP contribution in [0.4, 0.5) is 5.69 Å². The number of amides is 1. The Bertz CT molecular complexity index is 490. The van der Waals surface area contributed by atoms with Gasteiger partial charge in [-0.05, 0) is 63.5 Å². The number of anilines is 1. The van der Waals surface area contributed by atoms with Crippen molar-refractivity contribution >= 4 is 23.2 Å². The monoisotopic (exact) mass is 309 g/mol. The van der Waals surface area contributed by atoms with Gasteiger partial charge in [0.15, 0.2) is 0 Å². The zero-order chi connectivity index (χ0) is 15.2. The number of carbonyl (C=O) groups excluding carboxylic acids is 1. The minimum Gasteiger partial charge on any atom is -0.325 e. The Morgan fingerprint density at radius 2 is 2.29 bits per heavy atom. The summed E-state index contributed by atoms with van der Waals surface area (Å²) >= 11 is 6.07. The molecular weight excluding hydrogens is 286 g/mol. The second-order valence-electron chi connectivity index (χ2n) is 5.76. The smallest absolute Gasteiger partial charge is 0.238 e. The molecule has 1 amide bonds. The first kappa shape index (κ1) is 16.3. The van der Waals surface area contributed by atoms with E-state index in [1.807, 2.05) is 32.2 Å². The van der Waals surface area contributed by atoms with Crippen LogP contribution >= 0.6 is 11.6 Å². The molecule has 1 saturated heterocycles. The Kier molecular flexibility index (Phi) is 6.03. The molecule has 1 aromatic carbocycles. The fraction of sp³-hybridized carbons (Fsp3) is 0.562. The highest BCUT2D eigenvalue weighted by Crippen LogP contribution is 2.23. The third-order valence-corrected chi connectivity index (χ3v) is 4.41. The maximum atomic E-state index is 12.2. The predicted octanol–water partition coefficient (Wildman–Crippen LogP) is 2.52. The lowest BCUT2D eigenvalue weighted by atomic mass is 9.98. The van der Waals surface area contributed by atoms with Crippen LogP contribution in [-0.4, -0.2) is 44.0 Å². The van der Waals surface area contributed by atoms with Crippen molar-refractivity contribution in [3.05, 3.63) is 28.8 Å². The Balaban J connectivity index is 1.88. The molecule has 0 bridgehead atoms. The Morgan fingerprint density at radius 3 is 3.05 bits per heavy atom. The van der Waals surface area contributed by atoms with Crippen molar-refractivity contribution in [2.24, 2.45) is 5.92 Å². The number of piperidine rings is 1. The maximum absolute atomic E-state index is 12.2. The summed E-state index contributed by atoms with van der Waals surface area (Å²) in [6, 6.07) is 5.58. The molecule has 1 heterocycles. The molecule has 1 atom stereocenters. The highest BCUT2D eigenvalue weighted by Gasteiger charge is 2.21. The second kappa shape index (κ2) is 7.78. The zero-order valence-corrected chi connectivity index (χ0v) is 13.5. The topological polar surface area (TPSA) is 44.4 Å². The molecule has 0 radical (unpaired) electrons. The first-order valence-corrected chi connectivity index (χ1v) is 7.90. The summed E-state index contributed by atoms with van der Waals surface area (Å²) in [5.41, 5.74) is 1.72. The SMILES string of the molecule is CNCC1CCCN(CC(=O)Nc2cccc(Cl)c2C)C1. The number of nitrogens with zero attached hydrogens (tertiary/aromatic N) is 1. The van der Waals surface area contributed by atoms with Gasteiger partial charge in [-0.1, -0.05) is 17.7 Å². The molecule has 0 aromatic heterocycles. The molecule has 1 aromatic rings. The van der Waals surface area contributed by atoms with E-state index in [0.29, 0.717) is 17.5 Å². The van der Waals surface area contributed by atoms with Crippen LogP contribution in [0.15, 0.2) is 18.2 Å². The van der Waals surface area contributed by atoms with Gasteiger partial charge in [-0.2, -0.15) is 0 Å².